The Kier molecular flexibility index (Phi) is 3.74. The second-order valence-corrected chi connectivity index (χ2v) is 5.56. The number of nitrogens with two attached hydrogens (primary N) is 1. The number of hydrogen-bond donors (Lipinski definition) is 1. The molecule has 1 aliphatic heterocycles. The molecular weight excluding hydrogens is 250 g/mol. The number of nitrogens with zero attached hydrogens (tertiary/aromatic N) is 2. The summed E-state index contributed by atoms with van der Waals surface area (Å²) in [5.74, 6) is 0.614. The summed E-state index contributed by atoms with van der Waals surface area (Å²) in [5.41, 5.74) is 8.02. The van der Waals surface area contributed by atoms with E-state index in [1.165, 1.54) is 23.9 Å². The molecule has 0 bridgehead atoms. The van der Waals surface area contributed by atoms with Crippen LogP contribution in [0.2, 0.25) is 0 Å². The number of benzene rings is 1. The summed E-state index contributed by atoms with van der Waals surface area (Å²) >= 11 is 0. The molecule has 2 aromatic rings. The lowest BCUT2D eigenvalue weighted by molar-refractivity contribution is 0.0576. The highest BCUT2D eigenvalue weighted by Gasteiger charge is 2.17. The van der Waals surface area contributed by atoms with Crippen LogP contribution in [0.1, 0.15) is 12.8 Å². The zero-order valence-corrected chi connectivity index (χ0v) is 11.9. The summed E-state index contributed by atoms with van der Waals surface area (Å²) < 4.78 is 5.57. The van der Waals surface area contributed by atoms with E-state index in [4.69, 9.17) is 10.5 Å². The molecule has 106 valence electrons. The van der Waals surface area contributed by atoms with Gasteiger partial charge in [0.25, 0.3) is 0 Å². The fourth-order valence-electron chi connectivity index (χ4n) is 2.97. The van der Waals surface area contributed by atoms with E-state index < -0.39 is 0 Å². The number of nitrogen functional groups attached to an aromatic ring is 1. The van der Waals surface area contributed by atoms with E-state index in [1.54, 1.807) is 0 Å². The maximum absolute atomic E-state index is 6.03. The number of pyridine rings is 1. The summed E-state index contributed by atoms with van der Waals surface area (Å²) in [7, 11) is 2.14. The number of ether oxygens (including phenoxy) is 1. The lowest BCUT2D eigenvalue weighted by atomic mass is 10.0. The van der Waals surface area contributed by atoms with Crippen LogP contribution in [-0.2, 0) is 4.74 Å². The Balaban J connectivity index is 1.87. The van der Waals surface area contributed by atoms with Crippen LogP contribution in [0.25, 0.3) is 10.8 Å². The van der Waals surface area contributed by atoms with Crippen molar-refractivity contribution in [1.29, 1.82) is 0 Å². The van der Waals surface area contributed by atoms with Gasteiger partial charge < -0.3 is 15.4 Å². The second-order valence-electron chi connectivity index (χ2n) is 5.56. The predicted molar refractivity (Wildman–Crippen MR) is 83.0 cm³/mol. The SMILES string of the molecule is CN(CC1CCCOC1)c1ccc(N)c2cnccc12. The zero-order valence-electron chi connectivity index (χ0n) is 11.9. The van der Waals surface area contributed by atoms with E-state index in [-0.39, 0.29) is 0 Å². The molecule has 0 aliphatic carbocycles. The van der Waals surface area contributed by atoms with E-state index in [1.807, 2.05) is 24.5 Å². The summed E-state index contributed by atoms with van der Waals surface area (Å²) in [6.07, 6.45) is 6.08. The molecule has 2 heterocycles. The highest BCUT2D eigenvalue weighted by Crippen LogP contribution is 2.30. The lowest BCUT2D eigenvalue weighted by Gasteiger charge is -2.29. The number of anilines is 2. The first-order chi connectivity index (χ1) is 9.75. The number of aromatic nitrogens is 1. The molecule has 0 radical (unpaired) electrons. The average molecular weight is 271 g/mol. The minimum atomic E-state index is 0.614. The third-order valence-electron chi connectivity index (χ3n) is 4.03. The van der Waals surface area contributed by atoms with Crippen molar-refractivity contribution >= 4 is 22.1 Å². The first-order valence-corrected chi connectivity index (χ1v) is 7.17. The average Bonchev–Trinajstić information content (AvgIpc) is 2.49. The van der Waals surface area contributed by atoms with Crippen molar-refractivity contribution in [1.82, 2.24) is 4.98 Å². The summed E-state index contributed by atoms with van der Waals surface area (Å²) in [5, 5.41) is 2.19. The van der Waals surface area contributed by atoms with Crippen molar-refractivity contribution in [3.05, 3.63) is 30.6 Å². The van der Waals surface area contributed by atoms with Gasteiger partial charge >= 0.3 is 0 Å². The summed E-state index contributed by atoms with van der Waals surface area (Å²) in [4.78, 5) is 6.48. The molecule has 1 aliphatic rings. The fraction of sp³-hybridized carbons (Fsp3) is 0.438. The molecule has 3 rings (SSSR count). The molecule has 1 unspecified atom stereocenters. The van der Waals surface area contributed by atoms with Gasteiger partial charge in [-0.15, -0.1) is 0 Å². The summed E-state index contributed by atoms with van der Waals surface area (Å²) in [6.45, 7) is 2.80. The molecule has 1 aromatic carbocycles. The number of rotatable bonds is 3. The van der Waals surface area contributed by atoms with Gasteiger partial charge in [0, 0.05) is 54.7 Å². The summed E-state index contributed by atoms with van der Waals surface area (Å²) in [6, 6.07) is 6.10. The topological polar surface area (TPSA) is 51.4 Å². The monoisotopic (exact) mass is 271 g/mol. The highest BCUT2D eigenvalue weighted by atomic mass is 16.5. The van der Waals surface area contributed by atoms with Crippen molar-refractivity contribution in [2.75, 3.05) is 37.4 Å². The van der Waals surface area contributed by atoms with Crippen molar-refractivity contribution < 1.29 is 4.74 Å². The van der Waals surface area contributed by atoms with Gasteiger partial charge in [-0.05, 0) is 37.0 Å². The maximum Gasteiger partial charge on any atom is 0.0511 e. The van der Waals surface area contributed by atoms with Gasteiger partial charge in [-0.2, -0.15) is 0 Å². The van der Waals surface area contributed by atoms with Crippen LogP contribution in [0.4, 0.5) is 11.4 Å². The van der Waals surface area contributed by atoms with Gasteiger partial charge in [0.2, 0.25) is 0 Å². The first kappa shape index (κ1) is 13.2. The maximum atomic E-state index is 6.03. The van der Waals surface area contributed by atoms with Crippen LogP contribution in [0, 0.1) is 5.92 Å². The van der Waals surface area contributed by atoms with Gasteiger partial charge in [0.05, 0.1) is 6.61 Å². The second kappa shape index (κ2) is 5.67. The first-order valence-electron chi connectivity index (χ1n) is 7.17. The molecule has 0 spiro atoms. The van der Waals surface area contributed by atoms with E-state index in [0.29, 0.717) is 5.92 Å². The van der Waals surface area contributed by atoms with Crippen LogP contribution < -0.4 is 10.6 Å². The minimum absolute atomic E-state index is 0.614. The van der Waals surface area contributed by atoms with Crippen LogP contribution in [0.15, 0.2) is 30.6 Å². The van der Waals surface area contributed by atoms with Crippen molar-refractivity contribution in [2.45, 2.75) is 12.8 Å². The number of hydrogen-bond acceptors (Lipinski definition) is 4. The van der Waals surface area contributed by atoms with Crippen LogP contribution in [0.5, 0.6) is 0 Å². The van der Waals surface area contributed by atoms with Gasteiger partial charge in [-0.1, -0.05) is 0 Å². The third-order valence-corrected chi connectivity index (χ3v) is 4.03. The molecule has 4 heteroatoms. The molecule has 1 saturated heterocycles. The van der Waals surface area contributed by atoms with Crippen LogP contribution in [-0.4, -0.2) is 31.8 Å². The fourth-order valence-corrected chi connectivity index (χ4v) is 2.97. The van der Waals surface area contributed by atoms with Crippen molar-refractivity contribution in [2.24, 2.45) is 5.92 Å². The van der Waals surface area contributed by atoms with E-state index in [0.717, 1.165) is 30.8 Å². The molecule has 20 heavy (non-hydrogen) atoms. The Hall–Kier alpha value is -1.81. The quantitative estimate of drug-likeness (QED) is 0.872. The van der Waals surface area contributed by atoms with Crippen molar-refractivity contribution in [3.63, 3.8) is 0 Å². The molecule has 0 amide bonds. The molecule has 1 atom stereocenters. The Bertz CT molecular complexity index is 593. The Labute approximate surface area is 119 Å². The largest absolute Gasteiger partial charge is 0.398 e. The van der Waals surface area contributed by atoms with Crippen LogP contribution in [0.3, 0.4) is 0 Å². The Morgan fingerprint density at radius 2 is 2.25 bits per heavy atom. The van der Waals surface area contributed by atoms with Gasteiger partial charge in [0.1, 0.15) is 0 Å². The Morgan fingerprint density at radius 3 is 3.05 bits per heavy atom. The van der Waals surface area contributed by atoms with Gasteiger partial charge in [-0.3, -0.25) is 4.98 Å². The van der Waals surface area contributed by atoms with Crippen molar-refractivity contribution in [3.8, 4) is 0 Å². The normalized spacial score (nSPS) is 19.1. The Morgan fingerprint density at radius 1 is 1.35 bits per heavy atom. The highest BCUT2D eigenvalue weighted by molar-refractivity contribution is 6.00. The minimum Gasteiger partial charge on any atom is -0.398 e. The zero-order chi connectivity index (χ0) is 13.9. The van der Waals surface area contributed by atoms with E-state index in [2.05, 4.69) is 23.0 Å². The third kappa shape index (κ3) is 2.56. The van der Waals surface area contributed by atoms with E-state index in [9.17, 15) is 0 Å². The predicted octanol–water partition coefficient (Wildman–Crippen LogP) is 2.68. The van der Waals surface area contributed by atoms with Gasteiger partial charge in [-0.25, -0.2) is 0 Å². The molecule has 1 fully saturated rings. The van der Waals surface area contributed by atoms with Gasteiger partial charge in [0.15, 0.2) is 0 Å². The smallest absolute Gasteiger partial charge is 0.0511 e. The molecule has 0 saturated carbocycles. The molecule has 4 nitrogen and oxygen atoms in total. The number of fused-ring (bicyclic) bond motifs is 1. The van der Waals surface area contributed by atoms with E-state index >= 15 is 0 Å². The molecule has 1 aromatic heterocycles. The lowest BCUT2D eigenvalue weighted by Crippen LogP contribution is -2.30. The van der Waals surface area contributed by atoms with Crippen LogP contribution >= 0.6 is 0 Å². The molecular formula is C16H21N3O. The standard InChI is InChI=1S/C16H21N3O/c1-19(10-12-3-2-8-20-11-12)16-5-4-15(17)14-9-18-7-6-13(14)16/h4-7,9,12H,2-3,8,10-11,17H2,1H3. The molecule has 2 N–H and O–H groups in total.